The van der Waals surface area contributed by atoms with Gasteiger partial charge in [-0.05, 0) is 12.2 Å². The normalized spacial score (nSPS) is 22.2. The van der Waals surface area contributed by atoms with Gasteiger partial charge in [0.25, 0.3) is 0 Å². The Bertz CT molecular complexity index is 133. The first-order valence-corrected chi connectivity index (χ1v) is 6.31. The lowest BCUT2D eigenvalue weighted by atomic mass is 10.3. The van der Waals surface area contributed by atoms with E-state index < -0.39 is 0 Å². The predicted octanol–water partition coefficient (Wildman–Crippen LogP) is 1.42. The van der Waals surface area contributed by atoms with Crippen LogP contribution in [0.3, 0.4) is 0 Å². The molecule has 0 amide bonds. The molecule has 0 spiro atoms. The molecule has 0 bridgehead atoms. The second-order valence-corrected chi connectivity index (χ2v) is 5.63. The van der Waals surface area contributed by atoms with Crippen LogP contribution >= 0.6 is 11.8 Å². The van der Waals surface area contributed by atoms with Gasteiger partial charge in [0.15, 0.2) is 0 Å². The third-order valence-electron chi connectivity index (χ3n) is 2.45. The van der Waals surface area contributed by atoms with E-state index in [1.165, 1.54) is 18.8 Å². The topological polar surface area (TPSA) is 15.3 Å². The van der Waals surface area contributed by atoms with E-state index in [0.29, 0.717) is 0 Å². The summed E-state index contributed by atoms with van der Waals surface area (Å²) >= 11 is 2.07. The monoisotopic (exact) mass is 202 g/mol. The fourth-order valence-corrected chi connectivity index (χ4v) is 2.43. The Hall–Kier alpha value is 0.270. The summed E-state index contributed by atoms with van der Waals surface area (Å²) in [5.41, 5.74) is 0. The van der Waals surface area contributed by atoms with Gasteiger partial charge in [-0.2, -0.15) is 11.8 Å². The Labute approximate surface area is 86.5 Å². The van der Waals surface area contributed by atoms with Crippen LogP contribution in [-0.2, 0) is 0 Å². The molecule has 1 fully saturated rings. The highest BCUT2D eigenvalue weighted by molar-refractivity contribution is 7.99. The maximum absolute atomic E-state index is 3.39. The van der Waals surface area contributed by atoms with Gasteiger partial charge < -0.3 is 5.32 Å². The molecule has 1 rings (SSSR count). The molecule has 1 heterocycles. The van der Waals surface area contributed by atoms with Crippen molar-refractivity contribution in [1.82, 2.24) is 10.2 Å². The van der Waals surface area contributed by atoms with E-state index in [-0.39, 0.29) is 0 Å². The first kappa shape index (κ1) is 11.3. The van der Waals surface area contributed by atoms with Gasteiger partial charge in [-0.1, -0.05) is 13.8 Å². The van der Waals surface area contributed by atoms with Crippen LogP contribution in [0.5, 0.6) is 0 Å². The number of hydrogen-bond donors (Lipinski definition) is 1. The lowest BCUT2D eigenvalue weighted by Gasteiger charge is -2.32. The SMILES string of the molecule is CC(C)SCC(C)N1CCNCC1. The zero-order chi connectivity index (χ0) is 9.68. The zero-order valence-corrected chi connectivity index (χ0v) is 9.86. The highest BCUT2D eigenvalue weighted by Crippen LogP contribution is 2.14. The predicted molar refractivity (Wildman–Crippen MR) is 61.5 cm³/mol. The average molecular weight is 202 g/mol. The minimum atomic E-state index is 0.745. The minimum Gasteiger partial charge on any atom is -0.314 e. The number of nitrogens with one attached hydrogen (secondary N) is 1. The highest BCUT2D eigenvalue weighted by atomic mass is 32.2. The summed E-state index contributed by atoms with van der Waals surface area (Å²) in [6.07, 6.45) is 0. The van der Waals surface area contributed by atoms with Crippen LogP contribution in [0.2, 0.25) is 0 Å². The molecule has 13 heavy (non-hydrogen) atoms. The van der Waals surface area contributed by atoms with E-state index in [1.807, 2.05) is 0 Å². The first-order chi connectivity index (χ1) is 6.20. The van der Waals surface area contributed by atoms with Crippen molar-refractivity contribution in [2.45, 2.75) is 32.1 Å². The number of nitrogens with zero attached hydrogens (tertiary/aromatic N) is 1. The van der Waals surface area contributed by atoms with Crippen molar-refractivity contribution in [1.29, 1.82) is 0 Å². The van der Waals surface area contributed by atoms with E-state index in [4.69, 9.17) is 0 Å². The molecule has 1 N–H and O–H groups in total. The zero-order valence-electron chi connectivity index (χ0n) is 9.05. The summed E-state index contributed by atoms with van der Waals surface area (Å²) in [5, 5.41) is 4.15. The molecule has 0 aromatic carbocycles. The molecule has 0 saturated carbocycles. The molecule has 1 aliphatic heterocycles. The summed E-state index contributed by atoms with van der Waals surface area (Å²) in [4.78, 5) is 2.59. The number of hydrogen-bond acceptors (Lipinski definition) is 3. The largest absolute Gasteiger partial charge is 0.314 e. The molecule has 0 radical (unpaired) electrons. The standard InChI is InChI=1S/C10H22N2S/c1-9(2)13-8-10(3)12-6-4-11-5-7-12/h9-11H,4-8H2,1-3H3. The summed E-state index contributed by atoms with van der Waals surface area (Å²) in [6.45, 7) is 11.7. The second-order valence-electron chi connectivity index (χ2n) is 4.02. The van der Waals surface area contributed by atoms with Gasteiger partial charge in [-0.3, -0.25) is 4.90 Å². The van der Waals surface area contributed by atoms with Gasteiger partial charge in [-0.15, -0.1) is 0 Å². The van der Waals surface area contributed by atoms with Crippen molar-refractivity contribution < 1.29 is 0 Å². The molecular weight excluding hydrogens is 180 g/mol. The molecule has 1 unspecified atom stereocenters. The number of piperazine rings is 1. The Morgan fingerprint density at radius 2 is 1.85 bits per heavy atom. The van der Waals surface area contributed by atoms with Gasteiger partial charge in [0.05, 0.1) is 0 Å². The van der Waals surface area contributed by atoms with Crippen LogP contribution in [-0.4, -0.2) is 48.1 Å². The first-order valence-electron chi connectivity index (χ1n) is 5.26. The van der Waals surface area contributed by atoms with Crippen molar-refractivity contribution in [2.75, 3.05) is 31.9 Å². The Kier molecular flexibility index (Phi) is 5.14. The number of rotatable bonds is 4. The number of thioether (sulfide) groups is 1. The quantitative estimate of drug-likeness (QED) is 0.742. The molecule has 0 aliphatic carbocycles. The van der Waals surface area contributed by atoms with Crippen LogP contribution in [0.15, 0.2) is 0 Å². The van der Waals surface area contributed by atoms with Crippen molar-refractivity contribution in [3.05, 3.63) is 0 Å². The van der Waals surface area contributed by atoms with E-state index in [9.17, 15) is 0 Å². The summed E-state index contributed by atoms with van der Waals surface area (Å²) in [6, 6.07) is 0.745. The smallest absolute Gasteiger partial charge is 0.0159 e. The van der Waals surface area contributed by atoms with Crippen molar-refractivity contribution in [2.24, 2.45) is 0 Å². The summed E-state index contributed by atoms with van der Waals surface area (Å²) in [5.74, 6) is 1.28. The third kappa shape index (κ3) is 4.34. The van der Waals surface area contributed by atoms with Crippen LogP contribution in [0, 0.1) is 0 Å². The molecule has 3 heteroatoms. The summed E-state index contributed by atoms with van der Waals surface area (Å²) < 4.78 is 0. The summed E-state index contributed by atoms with van der Waals surface area (Å²) in [7, 11) is 0. The Morgan fingerprint density at radius 1 is 1.23 bits per heavy atom. The Balaban J connectivity index is 2.17. The molecule has 0 aromatic rings. The van der Waals surface area contributed by atoms with Crippen LogP contribution in [0.1, 0.15) is 20.8 Å². The maximum atomic E-state index is 3.39. The lowest BCUT2D eigenvalue weighted by molar-refractivity contribution is 0.198. The molecule has 1 aliphatic rings. The van der Waals surface area contributed by atoms with Crippen molar-refractivity contribution in [3.63, 3.8) is 0 Å². The van der Waals surface area contributed by atoms with Gasteiger partial charge in [0.1, 0.15) is 0 Å². The van der Waals surface area contributed by atoms with E-state index in [1.54, 1.807) is 0 Å². The van der Waals surface area contributed by atoms with E-state index >= 15 is 0 Å². The van der Waals surface area contributed by atoms with Gasteiger partial charge in [0, 0.05) is 38.0 Å². The lowest BCUT2D eigenvalue weighted by Crippen LogP contribution is -2.48. The van der Waals surface area contributed by atoms with Gasteiger partial charge in [0.2, 0.25) is 0 Å². The molecule has 1 saturated heterocycles. The Morgan fingerprint density at radius 3 is 2.38 bits per heavy atom. The van der Waals surface area contributed by atoms with Crippen molar-refractivity contribution >= 4 is 11.8 Å². The molecular formula is C10H22N2S. The second kappa shape index (κ2) is 5.89. The fourth-order valence-electron chi connectivity index (χ4n) is 1.56. The molecule has 78 valence electrons. The maximum Gasteiger partial charge on any atom is 0.0159 e. The molecule has 1 atom stereocenters. The third-order valence-corrected chi connectivity index (χ3v) is 3.79. The highest BCUT2D eigenvalue weighted by Gasteiger charge is 2.16. The van der Waals surface area contributed by atoms with E-state index in [2.05, 4.69) is 42.7 Å². The fraction of sp³-hybridized carbons (Fsp3) is 1.00. The van der Waals surface area contributed by atoms with Gasteiger partial charge >= 0.3 is 0 Å². The molecule has 0 aromatic heterocycles. The van der Waals surface area contributed by atoms with Crippen molar-refractivity contribution in [3.8, 4) is 0 Å². The average Bonchev–Trinajstić information content (AvgIpc) is 2.15. The molecule has 2 nitrogen and oxygen atoms in total. The van der Waals surface area contributed by atoms with Gasteiger partial charge in [-0.25, -0.2) is 0 Å². The van der Waals surface area contributed by atoms with E-state index in [0.717, 1.165) is 24.4 Å². The van der Waals surface area contributed by atoms with Crippen LogP contribution in [0.25, 0.3) is 0 Å². The minimum absolute atomic E-state index is 0.745. The van der Waals surface area contributed by atoms with Crippen LogP contribution in [0.4, 0.5) is 0 Å². The van der Waals surface area contributed by atoms with Crippen LogP contribution < -0.4 is 5.32 Å².